The summed E-state index contributed by atoms with van der Waals surface area (Å²) in [6, 6.07) is 5.94. The summed E-state index contributed by atoms with van der Waals surface area (Å²) >= 11 is 3.40. The summed E-state index contributed by atoms with van der Waals surface area (Å²) in [5.41, 5.74) is 2.88. The van der Waals surface area contributed by atoms with E-state index < -0.39 is 5.97 Å². The molecule has 7 heteroatoms. The standard InChI is InChI=1S/C14H18BrN3O.C2H4O2/c1-9(2)7-16-8-12-13(19-3)6-11(17-12)10-4-5-14(15)18-10;1-2(3)4/h4-6,8-9,17-18H,7H2,1-3H3;1H3,(H,3,4). The van der Waals surface area contributed by atoms with Crippen molar-refractivity contribution in [1.29, 1.82) is 0 Å². The zero-order chi connectivity index (χ0) is 17.4. The first-order valence-electron chi connectivity index (χ1n) is 7.14. The SMILES string of the molecule is CC(=O)O.COc1cc(-c2ccc(Br)[nH]2)[nH]c1C=NCC(C)C. The van der Waals surface area contributed by atoms with Crippen molar-refractivity contribution in [1.82, 2.24) is 9.97 Å². The number of carbonyl (C=O) groups is 1. The molecule has 0 fully saturated rings. The topological polar surface area (TPSA) is 90.5 Å². The van der Waals surface area contributed by atoms with Crippen LogP contribution >= 0.6 is 15.9 Å². The van der Waals surface area contributed by atoms with Crippen molar-refractivity contribution in [2.24, 2.45) is 10.9 Å². The lowest BCUT2D eigenvalue weighted by atomic mass is 10.2. The van der Waals surface area contributed by atoms with Gasteiger partial charge in [0.25, 0.3) is 5.97 Å². The number of H-pyrrole nitrogens is 2. The Hall–Kier alpha value is -2.02. The van der Waals surface area contributed by atoms with Crippen LogP contribution in [0.25, 0.3) is 11.4 Å². The summed E-state index contributed by atoms with van der Waals surface area (Å²) in [6.07, 6.45) is 1.83. The lowest BCUT2D eigenvalue weighted by Gasteiger charge is -1.98. The Kier molecular flexibility index (Phi) is 7.61. The van der Waals surface area contributed by atoms with E-state index in [4.69, 9.17) is 14.6 Å². The maximum Gasteiger partial charge on any atom is 0.300 e. The summed E-state index contributed by atoms with van der Waals surface area (Å²) in [5, 5.41) is 7.42. The Morgan fingerprint density at radius 2 is 2.04 bits per heavy atom. The molecule has 6 nitrogen and oxygen atoms in total. The molecule has 0 saturated heterocycles. The number of nitrogens with one attached hydrogen (secondary N) is 2. The number of methoxy groups -OCH3 is 1. The van der Waals surface area contributed by atoms with Gasteiger partial charge in [-0.3, -0.25) is 9.79 Å². The summed E-state index contributed by atoms with van der Waals surface area (Å²) in [7, 11) is 1.66. The van der Waals surface area contributed by atoms with Gasteiger partial charge in [-0.2, -0.15) is 0 Å². The smallest absolute Gasteiger partial charge is 0.300 e. The van der Waals surface area contributed by atoms with Gasteiger partial charge in [-0.1, -0.05) is 13.8 Å². The molecule has 2 heterocycles. The maximum absolute atomic E-state index is 9.00. The van der Waals surface area contributed by atoms with Gasteiger partial charge in [-0.25, -0.2) is 0 Å². The fourth-order valence-electron chi connectivity index (χ4n) is 1.74. The quantitative estimate of drug-likeness (QED) is 0.682. The summed E-state index contributed by atoms with van der Waals surface area (Å²) in [4.78, 5) is 19.9. The lowest BCUT2D eigenvalue weighted by Crippen LogP contribution is -1.94. The highest BCUT2D eigenvalue weighted by molar-refractivity contribution is 9.10. The number of ether oxygens (including phenoxy) is 1. The molecule has 126 valence electrons. The second-order valence-corrected chi connectivity index (χ2v) is 6.15. The van der Waals surface area contributed by atoms with Gasteiger partial charge in [0.05, 0.1) is 28.8 Å². The monoisotopic (exact) mass is 383 g/mol. The highest BCUT2D eigenvalue weighted by Gasteiger charge is 2.09. The van der Waals surface area contributed by atoms with E-state index in [1.807, 2.05) is 24.4 Å². The van der Waals surface area contributed by atoms with Gasteiger partial charge in [0.1, 0.15) is 5.75 Å². The van der Waals surface area contributed by atoms with Crippen molar-refractivity contribution in [3.8, 4) is 17.1 Å². The van der Waals surface area contributed by atoms with Crippen LogP contribution in [-0.2, 0) is 4.79 Å². The lowest BCUT2D eigenvalue weighted by molar-refractivity contribution is -0.134. The van der Waals surface area contributed by atoms with E-state index in [0.717, 1.165) is 40.9 Å². The van der Waals surface area contributed by atoms with E-state index in [1.54, 1.807) is 7.11 Å². The molecule has 2 aromatic heterocycles. The molecule has 0 bridgehead atoms. The Labute approximate surface area is 144 Å². The van der Waals surface area contributed by atoms with E-state index in [2.05, 4.69) is 44.7 Å². The van der Waals surface area contributed by atoms with Gasteiger partial charge >= 0.3 is 0 Å². The fraction of sp³-hybridized carbons (Fsp3) is 0.375. The third-order valence-electron chi connectivity index (χ3n) is 2.66. The normalized spacial score (nSPS) is 10.7. The Bertz CT molecular complexity index is 655. The summed E-state index contributed by atoms with van der Waals surface area (Å²) in [5.74, 6) is 0.518. The molecule has 3 N–H and O–H groups in total. The third-order valence-corrected chi connectivity index (χ3v) is 3.12. The highest BCUT2D eigenvalue weighted by atomic mass is 79.9. The minimum absolute atomic E-state index is 0.552. The number of rotatable bonds is 5. The van der Waals surface area contributed by atoms with Crippen LogP contribution in [0.5, 0.6) is 5.75 Å². The van der Waals surface area contributed by atoms with Crippen LogP contribution in [0, 0.1) is 5.92 Å². The van der Waals surface area contributed by atoms with Crippen molar-refractivity contribution >= 4 is 28.1 Å². The molecule has 2 aromatic rings. The number of carboxylic acids is 1. The van der Waals surface area contributed by atoms with Crippen LogP contribution in [0.2, 0.25) is 0 Å². The van der Waals surface area contributed by atoms with Crippen LogP contribution in [0.3, 0.4) is 0 Å². The molecule has 0 amide bonds. The molecule has 0 aliphatic carbocycles. The number of hydrogen-bond donors (Lipinski definition) is 3. The number of aromatic amines is 2. The van der Waals surface area contributed by atoms with E-state index in [1.165, 1.54) is 0 Å². The Morgan fingerprint density at radius 3 is 2.52 bits per heavy atom. The molecular formula is C16H22BrN3O3. The molecule has 0 atom stereocenters. The van der Waals surface area contributed by atoms with Gasteiger partial charge in [0.15, 0.2) is 0 Å². The van der Waals surface area contributed by atoms with Gasteiger partial charge in [0.2, 0.25) is 0 Å². The van der Waals surface area contributed by atoms with E-state index in [-0.39, 0.29) is 0 Å². The average molecular weight is 384 g/mol. The zero-order valence-corrected chi connectivity index (χ0v) is 15.3. The fourth-order valence-corrected chi connectivity index (χ4v) is 2.09. The Morgan fingerprint density at radius 1 is 1.39 bits per heavy atom. The first-order valence-corrected chi connectivity index (χ1v) is 7.94. The molecule has 0 saturated carbocycles. The molecule has 23 heavy (non-hydrogen) atoms. The van der Waals surface area contributed by atoms with Crippen LogP contribution in [0.4, 0.5) is 0 Å². The van der Waals surface area contributed by atoms with Gasteiger partial charge in [-0.15, -0.1) is 0 Å². The first kappa shape index (κ1) is 19.0. The number of hydrogen-bond acceptors (Lipinski definition) is 3. The average Bonchev–Trinajstić information content (AvgIpc) is 3.04. The number of aromatic nitrogens is 2. The van der Waals surface area contributed by atoms with Gasteiger partial charge in [0, 0.05) is 25.7 Å². The first-order chi connectivity index (χ1) is 10.8. The Balaban J connectivity index is 0.000000593. The van der Waals surface area contributed by atoms with Gasteiger partial charge in [-0.05, 0) is 34.0 Å². The molecule has 0 aliphatic heterocycles. The molecule has 0 radical (unpaired) electrons. The van der Waals surface area contributed by atoms with Crippen molar-refractivity contribution < 1.29 is 14.6 Å². The molecule has 0 aromatic carbocycles. The third kappa shape index (κ3) is 6.73. The maximum atomic E-state index is 9.00. The largest absolute Gasteiger partial charge is 0.494 e. The summed E-state index contributed by atoms with van der Waals surface area (Å²) < 4.78 is 6.31. The zero-order valence-electron chi connectivity index (χ0n) is 13.7. The van der Waals surface area contributed by atoms with Crippen molar-refractivity contribution in [2.75, 3.05) is 13.7 Å². The number of aliphatic carboxylic acids is 1. The van der Waals surface area contributed by atoms with Crippen LogP contribution in [0.15, 0.2) is 27.8 Å². The minimum Gasteiger partial charge on any atom is -0.494 e. The van der Waals surface area contributed by atoms with Gasteiger partial charge < -0.3 is 19.8 Å². The predicted octanol–water partition coefficient (Wildman–Crippen LogP) is 3.95. The second kappa shape index (κ2) is 9.19. The van der Waals surface area contributed by atoms with Crippen molar-refractivity contribution in [3.63, 3.8) is 0 Å². The number of carboxylic acid groups (broad SMARTS) is 1. The number of nitrogens with zero attached hydrogens (tertiary/aromatic N) is 1. The second-order valence-electron chi connectivity index (χ2n) is 5.29. The van der Waals surface area contributed by atoms with Crippen LogP contribution in [-0.4, -0.2) is 40.9 Å². The molecule has 0 unspecified atom stereocenters. The molecule has 0 spiro atoms. The van der Waals surface area contributed by atoms with Crippen LogP contribution in [0.1, 0.15) is 26.5 Å². The minimum atomic E-state index is -0.833. The number of aliphatic imine (C=N–C) groups is 1. The van der Waals surface area contributed by atoms with E-state index in [0.29, 0.717) is 5.92 Å². The molecule has 0 aliphatic rings. The molecule has 2 rings (SSSR count). The summed E-state index contributed by atoms with van der Waals surface area (Å²) in [6.45, 7) is 6.18. The molecular weight excluding hydrogens is 362 g/mol. The van der Waals surface area contributed by atoms with E-state index in [9.17, 15) is 0 Å². The van der Waals surface area contributed by atoms with Crippen LogP contribution < -0.4 is 4.74 Å². The van der Waals surface area contributed by atoms with Crippen molar-refractivity contribution in [3.05, 3.63) is 28.5 Å². The predicted molar refractivity (Wildman–Crippen MR) is 95.4 cm³/mol. The highest BCUT2D eigenvalue weighted by Crippen LogP contribution is 2.26. The number of halogens is 1. The van der Waals surface area contributed by atoms with Crippen molar-refractivity contribution in [2.45, 2.75) is 20.8 Å². The van der Waals surface area contributed by atoms with E-state index >= 15 is 0 Å².